The molecule has 3 aromatic rings. The number of hydrogen-bond acceptors (Lipinski definition) is 5. The number of halogens is 1. The van der Waals surface area contributed by atoms with Gasteiger partial charge in [0.2, 0.25) is 5.88 Å². The van der Waals surface area contributed by atoms with Gasteiger partial charge in [-0.3, -0.25) is 4.79 Å². The molecular formula is C16H14ClN3O2S. The van der Waals surface area contributed by atoms with Gasteiger partial charge in [-0.05, 0) is 30.0 Å². The first-order valence-electron chi connectivity index (χ1n) is 7.00. The lowest BCUT2D eigenvalue weighted by atomic mass is 10.1. The van der Waals surface area contributed by atoms with Gasteiger partial charge in [0.05, 0.1) is 11.4 Å². The topological polar surface area (TPSA) is 64.1 Å². The molecule has 0 bridgehead atoms. The van der Waals surface area contributed by atoms with Crippen LogP contribution in [0.4, 0.5) is 0 Å². The van der Waals surface area contributed by atoms with Crippen LogP contribution in [-0.4, -0.2) is 22.5 Å². The van der Waals surface area contributed by atoms with Crippen LogP contribution in [0.15, 0.2) is 42.0 Å². The van der Waals surface area contributed by atoms with Gasteiger partial charge in [0.15, 0.2) is 6.61 Å². The van der Waals surface area contributed by atoms with Gasteiger partial charge in [0.1, 0.15) is 11.2 Å². The molecule has 23 heavy (non-hydrogen) atoms. The van der Waals surface area contributed by atoms with Gasteiger partial charge >= 0.3 is 0 Å². The Balaban J connectivity index is 1.62. The second kappa shape index (κ2) is 6.93. The number of nitrogens with one attached hydrogen (secondary N) is 1. The summed E-state index contributed by atoms with van der Waals surface area (Å²) in [5, 5.41) is 6.20. The zero-order chi connectivity index (χ0) is 16.2. The Labute approximate surface area is 142 Å². The average molecular weight is 348 g/mol. The van der Waals surface area contributed by atoms with Gasteiger partial charge in [-0.2, -0.15) is 0 Å². The van der Waals surface area contributed by atoms with Crippen molar-refractivity contribution in [3.63, 3.8) is 0 Å². The molecule has 118 valence electrons. The number of carbonyl (C=O) groups is 1. The minimum absolute atomic E-state index is 0.114. The van der Waals surface area contributed by atoms with Gasteiger partial charge in [0.25, 0.3) is 5.91 Å². The zero-order valence-corrected chi connectivity index (χ0v) is 13.9. The molecule has 7 heteroatoms. The average Bonchev–Trinajstić information content (AvgIpc) is 3.02. The molecule has 0 saturated carbocycles. The number of benzene rings is 1. The Bertz CT molecular complexity index is 837. The van der Waals surface area contributed by atoms with Crippen LogP contribution < -0.4 is 10.1 Å². The van der Waals surface area contributed by atoms with Crippen molar-refractivity contribution in [1.29, 1.82) is 0 Å². The first kappa shape index (κ1) is 15.7. The summed E-state index contributed by atoms with van der Waals surface area (Å²) in [6, 6.07) is 9.09. The third kappa shape index (κ3) is 3.60. The molecule has 1 N–H and O–H groups in total. The van der Waals surface area contributed by atoms with Gasteiger partial charge in [-0.25, -0.2) is 9.97 Å². The van der Waals surface area contributed by atoms with Gasteiger partial charge in [0, 0.05) is 5.02 Å². The van der Waals surface area contributed by atoms with Crippen LogP contribution in [0, 0.1) is 0 Å². The van der Waals surface area contributed by atoms with Crippen molar-refractivity contribution in [3.8, 4) is 5.88 Å². The Morgan fingerprint density at radius 3 is 3.00 bits per heavy atom. The highest BCUT2D eigenvalue weighted by Crippen LogP contribution is 2.25. The molecule has 0 aliphatic carbocycles. The van der Waals surface area contributed by atoms with Gasteiger partial charge in [-0.15, -0.1) is 11.3 Å². The van der Waals surface area contributed by atoms with E-state index in [0.29, 0.717) is 10.9 Å². The van der Waals surface area contributed by atoms with E-state index < -0.39 is 0 Å². The number of fused-ring (bicyclic) bond motifs is 1. The molecule has 1 amide bonds. The van der Waals surface area contributed by atoms with E-state index in [9.17, 15) is 4.79 Å². The van der Waals surface area contributed by atoms with Crippen molar-refractivity contribution in [3.05, 3.63) is 52.6 Å². The SMILES string of the molecule is CC(NC(=O)COc1ncnc2sccc12)c1ccccc1Cl. The molecule has 2 aromatic heterocycles. The predicted molar refractivity (Wildman–Crippen MR) is 90.9 cm³/mol. The standard InChI is InChI=1S/C16H14ClN3O2S/c1-10(11-4-2-3-5-13(11)17)20-14(21)8-22-15-12-6-7-23-16(12)19-9-18-15/h2-7,9-10H,8H2,1H3,(H,20,21). The molecular weight excluding hydrogens is 334 g/mol. The van der Waals surface area contributed by atoms with Gasteiger partial charge < -0.3 is 10.1 Å². The van der Waals surface area contributed by atoms with E-state index in [4.69, 9.17) is 16.3 Å². The lowest BCUT2D eigenvalue weighted by Gasteiger charge is -2.15. The smallest absolute Gasteiger partial charge is 0.258 e. The minimum Gasteiger partial charge on any atom is -0.467 e. The highest BCUT2D eigenvalue weighted by atomic mass is 35.5. The van der Waals surface area contributed by atoms with Crippen LogP contribution in [0.25, 0.3) is 10.2 Å². The molecule has 5 nitrogen and oxygen atoms in total. The third-order valence-corrected chi connectivity index (χ3v) is 4.48. The number of amides is 1. The number of thiophene rings is 1. The monoisotopic (exact) mass is 347 g/mol. The highest BCUT2D eigenvalue weighted by Gasteiger charge is 2.14. The zero-order valence-electron chi connectivity index (χ0n) is 12.3. The van der Waals surface area contributed by atoms with E-state index in [1.54, 1.807) is 6.07 Å². The lowest BCUT2D eigenvalue weighted by molar-refractivity contribution is -0.123. The molecule has 0 radical (unpaired) electrons. The van der Waals surface area contributed by atoms with Gasteiger partial charge in [-0.1, -0.05) is 29.8 Å². The van der Waals surface area contributed by atoms with E-state index in [2.05, 4.69) is 15.3 Å². The summed E-state index contributed by atoms with van der Waals surface area (Å²) < 4.78 is 5.52. The molecule has 2 heterocycles. The van der Waals surface area contributed by atoms with E-state index >= 15 is 0 Å². The Hall–Kier alpha value is -2.18. The molecule has 0 aliphatic rings. The third-order valence-electron chi connectivity index (χ3n) is 3.31. The first-order valence-corrected chi connectivity index (χ1v) is 8.25. The summed E-state index contributed by atoms with van der Waals surface area (Å²) >= 11 is 7.63. The van der Waals surface area contributed by atoms with Crippen molar-refractivity contribution in [2.24, 2.45) is 0 Å². The second-order valence-corrected chi connectivity index (χ2v) is 6.22. The molecule has 1 unspecified atom stereocenters. The van der Waals surface area contributed by atoms with Crippen molar-refractivity contribution in [2.45, 2.75) is 13.0 Å². The predicted octanol–water partition coefficient (Wildman–Crippen LogP) is 3.60. The number of rotatable bonds is 5. The number of nitrogens with zero attached hydrogens (tertiary/aromatic N) is 2. The molecule has 0 fully saturated rings. The summed E-state index contributed by atoms with van der Waals surface area (Å²) in [6.45, 7) is 1.76. The Morgan fingerprint density at radius 2 is 2.17 bits per heavy atom. The van der Waals surface area contributed by atoms with Crippen molar-refractivity contribution < 1.29 is 9.53 Å². The Morgan fingerprint density at radius 1 is 1.35 bits per heavy atom. The first-order chi connectivity index (χ1) is 11.1. The van der Waals surface area contributed by atoms with Crippen LogP contribution in [-0.2, 0) is 4.79 Å². The van der Waals surface area contributed by atoms with E-state index in [-0.39, 0.29) is 18.6 Å². The summed E-state index contributed by atoms with van der Waals surface area (Å²) in [5.74, 6) is 0.177. The minimum atomic E-state index is -0.237. The van der Waals surface area contributed by atoms with Crippen LogP contribution in [0.1, 0.15) is 18.5 Å². The van der Waals surface area contributed by atoms with Crippen molar-refractivity contribution >= 4 is 39.1 Å². The summed E-state index contributed by atoms with van der Waals surface area (Å²) in [4.78, 5) is 21.1. The fourth-order valence-electron chi connectivity index (χ4n) is 2.20. The quantitative estimate of drug-likeness (QED) is 0.766. The molecule has 0 aliphatic heterocycles. The van der Waals surface area contributed by atoms with Crippen LogP contribution >= 0.6 is 22.9 Å². The highest BCUT2D eigenvalue weighted by molar-refractivity contribution is 7.16. The molecule has 1 aromatic carbocycles. The fourth-order valence-corrected chi connectivity index (χ4v) is 3.23. The van der Waals surface area contributed by atoms with Crippen LogP contribution in [0.3, 0.4) is 0 Å². The van der Waals surface area contributed by atoms with E-state index in [1.807, 2.05) is 36.6 Å². The van der Waals surface area contributed by atoms with E-state index in [0.717, 1.165) is 15.8 Å². The maximum Gasteiger partial charge on any atom is 0.258 e. The summed E-state index contributed by atoms with van der Waals surface area (Å²) in [5.41, 5.74) is 0.866. The molecule has 0 spiro atoms. The number of hydrogen-bond donors (Lipinski definition) is 1. The maximum absolute atomic E-state index is 12.1. The van der Waals surface area contributed by atoms with Crippen LogP contribution in [0.5, 0.6) is 5.88 Å². The maximum atomic E-state index is 12.1. The largest absolute Gasteiger partial charge is 0.467 e. The second-order valence-electron chi connectivity index (χ2n) is 4.92. The fraction of sp³-hybridized carbons (Fsp3) is 0.188. The number of carbonyl (C=O) groups excluding carboxylic acids is 1. The summed E-state index contributed by atoms with van der Waals surface area (Å²) in [7, 11) is 0. The Kier molecular flexibility index (Phi) is 4.73. The molecule has 1 atom stereocenters. The molecule has 0 saturated heterocycles. The summed E-state index contributed by atoms with van der Waals surface area (Å²) in [6.07, 6.45) is 1.43. The number of aromatic nitrogens is 2. The van der Waals surface area contributed by atoms with E-state index in [1.165, 1.54) is 17.7 Å². The molecule has 3 rings (SSSR count). The normalized spacial score (nSPS) is 12.1. The number of ether oxygens (including phenoxy) is 1. The van der Waals surface area contributed by atoms with Crippen molar-refractivity contribution in [1.82, 2.24) is 15.3 Å². The van der Waals surface area contributed by atoms with Crippen LogP contribution in [0.2, 0.25) is 5.02 Å². The van der Waals surface area contributed by atoms with Crippen molar-refractivity contribution in [2.75, 3.05) is 6.61 Å². The lowest BCUT2D eigenvalue weighted by Crippen LogP contribution is -2.31.